The third kappa shape index (κ3) is 4.77. The fourth-order valence-electron chi connectivity index (χ4n) is 3.03. The van der Waals surface area contributed by atoms with E-state index in [0.717, 1.165) is 11.1 Å². The van der Waals surface area contributed by atoms with Crippen LogP contribution in [0.2, 0.25) is 0 Å². The number of amides is 2. The van der Waals surface area contributed by atoms with Gasteiger partial charge in [0, 0.05) is 24.5 Å². The number of aliphatic hydroxyl groups is 1. The highest BCUT2D eigenvalue weighted by Crippen LogP contribution is 2.22. The first-order valence-electron chi connectivity index (χ1n) is 9.07. The number of aliphatic hydroxyl groups excluding tert-OH is 1. The van der Waals surface area contributed by atoms with Crippen molar-refractivity contribution in [2.75, 3.05) is 23.4 Å². The molecule has 2 atom stereocenters. The molecule has 0 bridgehead atoms. The Labute approximate surface area is 167 Å². The number of nitrogens with zero attached hydrogens (tertiary/aromatic N) is 2. The lowest BCUT2D eigenvalue weighted by atomic mass is 10.1. The summed E-state index contributed by atoms with van der Waals surface area (Å²) in [6.45, 7) is 0.860. The van der Waals surface area contributed by atoms with Gasteiger partial charge in [0.1, 0.15) is 0 Å². The number of benzene rings is 2. The minimum absolute atomic E-state index is 0.195. The van der Waals surface area contributed by atoms with Crippen LogP contribution in [0.1, 0.15) is 11.1 Å². The summed E-state index contributed by atoms with van der Waals surface area (Å²) in [4.78, 5) is 26.8. The van der Waals surface area contributed by atoms with Crippen molar-refractivity contribution in [3.63, 3.8) is 0 Å². The summed E-state index contributed by atoms with van der Waals surface area (Å²) in [5, 5.41) is 16.4. The fraction of sp³-hybridized carbons (Fsp3) is 0.250. The van der Waals surface area contributed by atoms with Gasteiger partial charge >= 0.3 is 0 Å². The zero-order chi connectivity index (χ0) is 20.8. The van der Waals surface area contributed by atoms with Crippen molar-refractivity contribution in [1.82, 2.24) is 0 Å². The number of carbonyl (C=O) groups is 2. The molecule has 6 N–H and O–H groups in total. The van der Waals surface area contributed by atoms with Crippen LogP contribution in [0.25, 0.3) is 0 Å². The predicted octanol–water partition coefficient (Wildman–Crippen LogP) is 0.169. The molecule has 0 saturated carbocycles. The second-order valence-corrected chi connectivity index (χ2v) is 6.49. The van der Waals surface area contributed by atoms with E-state index in [4.69, 9.17) is 16.3 Å². The van der Waals surface area contributed by atoms with E-state index < -0.39 is 24.0 Å². The Balaban J connectivity index is 1.69. The molecule has 29 heavy (non-hydrogen) atoms. The average Bonchev–Trinajstić information content (AvgIpc) is 2.75. The molecule has 0 radical (unpaired) electrons. The van der Waals surface area contributed by atoms with Gasteiger partial charge in [0.25, 0.3) is 11.8 Å². The average molecular weight is 397 g/mol. The molecule has 1 heterocycles. The number of anilines is 2. The monoisotopic (exact) mass is 397 g/mol. The SMILES string of the molecule is NCc1cccc(N2CCO[C@H]([C@@H](O)C(=O)Nc3ccc(C=NN)cc3)C2=O)c1. The minimum atomic E-state index is -1.66. The van der Waals surface area contributed by atoms with E-state index in [-0.39, 0.29) is 6.61 Å². The Morgan fingerprint density at radius 2 is 2.10 bits per heavy atom. The van der Waals surface area contributed by atoms with Gasteiger partial charge in [0.05, 0.1) is 12.8 Å². The van der Waals surface area contributed by atoms with Gasteiger partial charge in [-0.05, 0) is 35.4 Å². The molecule has 1 fully saturated rings. The molecule has 1 aliphatic heterocycles. The smallest absolute Gasteiger partial charge is 0.259 e. The standard InChI is InChI=1S/C20H23N5O4/c21-11-14-2-1-3-16(10-14)25-8-9-29-18(20(25)28)17(26)19(27)24-15-6-4-13(5-7-15)12-23-22/h1-7,10,12,17-18,26H,8-9,11,21-22H2,(H,24,27)/t17-,18-/m1/s1. The van der Waals surface area contributed by atoms with Crippen molar-refractivity contribution < 1.29 is 19.4 Å². The molecular weight excluding hydrogens is 374 g/mol. The van der Waals surface area contributed by atoms with E-state index in [1.54, 1.807) is 42.5 Å². The van der Waals surface area contributed by atoms with E-state index in [1.807, 2.05) is 6.07 Å². The summed E-state index contributed by atoms with van der Waals surface area (Å²) < 4.78 is 5.41. The Hall–Kier alpha value is -3.27. The van der Waals surface area contributed by atoms with Crippen LogP contribution in [-0.4, -0.2) is 48.5 Å². The van der Waals surface area contributed by atoms with Gasteiger partial charge in [-0.2, -0.15) is 5.10 Å². The fourth-order valence-corrected chi connectivity index (χ4v) is 3.03. The second-order valence-electron chi connectivity index (χ2n) is 6.49. The van der Waals surface area contributed by atoms with Crippen LogP contribution in [-0.2, 0) is 20.9 Å². The third-order valence-corrected chi connectivity index (χ3v) is 4.54. The zero-order valence-electron chi connectivity index (χ0n) is 15.7. The lowest BCUT2D eigenvalue weighted by molar-refractivity contribution is -0.150. The molecule has 3 rings (SSSR count). The van der Waals surface area contributed by atoms with Crippen LogP contribution in [0.15, 0.2) is 53.6 Å². The lowest BCUT2D eigenvalue weighted by Gasteiger charge is -2.34. The van der Waals surface area contributed by atoms with Gasteiger partial charge in [-0.1, -0.05) is 24.3 Å². The van der Waals surface area contributed by atoms with Crippen LogP contribution >= 0.6 is 0 Å². The summed E-state index contributed by atoms with van der Waals surface area (Å²) in [5.41, 5.74) is 8.40. The van der Waals surface area contributed by atoms with E-state index in [2.05, 4.69) is 10.4 Å². The normalized spacial score (nSPS) is 18.1. The minimum Gasteiger partial charge on any atom is -0.380 e. The van der Waals surface area contributed by atoms with Crippen LogP contribution in [0.4, 0.5) is 11.4 Å². The van der Waals surface area contributed by atoms with E-state index in [1.165, 1.54) is 11.1 Å². The quantitative estimate of drug-likeness (QED) is 0.311. The molecule has 0 aliphatic carbocycles. The molecule has 2 amide bonds. The number of ether oxygens (including phenoxy) is 1. The summed E-state index contributed by atoms with van der Waals surface area (Å²) in [6.07, 6.45) is -1.49. The van der Waals surface area contributed by atoms with Crippen molar-refractivity contribution in [3.8, 4) is 0 Å². The Morgan fingerprint density at radius 1 is 1.34 bits per heavy atom. The molecule has 9 nitrogen and oxygen atoms in total. The number of hydrogen-bond acceptors (Lipinski definition) is 7. The topological polar surface area (TPSA) is 143 Å². The van der Waals surface area contributed by atoms with Gasteiger partial charge < -0.3 is 31.6 Å². The number of morpholine rings is 1. The summed E-state index contributed by atoms with van der Waals surface area (Å²) in [6, 6.07) is 13.9. The third-order valence-electron chi connectivity index (χ3n) is 4.54. The molecule has 1 aliphatic rings. The summed E-state index contributed by atoms with van der Waals surface area (Å²) in [5.74, 6) is 3.88. The van der Waals surface area contributed by atoms with E-state index in [0.29, 0.717) is 24.5 Å². The van der Waals surface area contributed by atoms with Crippen molar-refractivity contribution in [2.45, 2.75) is 18.8 Å². The van der Waals surface area contributed by atoms with E-state index in [9.17, 15) is 14.7 Å². The molecule has 0 spiro atoms. The first kappa shape index (κ1) is 20.5. The van der Waals surface area contributed by atoms with Crippen LogP contribution in [0, 0.1) is 0 Å². The maximum absolute atomic E-state index is 12.8. The molecular formula is C20H23N5O4. The number of hydrogen-bond donors (Lipinski definition) is 4. The van der Waals surface area contributed by atoms with Crippen molar-refractivity contribution in [3.05, 3.63) is 59.7 Å². The zero-order valence-corrected chi connectivity index (χ0v) is 15.7. The van der Waals surface area contributed by atoms with Gasteiger partial charge in [0.2, 0.25) is 0 Å². The van der Waals surface area contributed by atoms with Gasteiger partial charge in [-0.25, -0.2) is 0 Å². The number of rotatable bonds is 6. The molecule has 2 aromatic carbocycles. The lowest BCUT2D eigenvalue weighted by Crippen LogP contribution is -2.55. The summed E-state index contributed by atoms with van der Waals surface area (Å²) >= 11 is 0. The Kier molecular flexibility index (Phi) is 6.55. The maximum atomic E-state index is 12.8. The van der Waals surface area contributed by atoms with Crippen LogP contribution < -0.4 is 21.8 Å². The molecule has 0 aromatic heterocycles. The van der Waals surface area contributed by atoms with Crippen LogP contribution in [0.5, 0.6) is 0 Å². The Morgan fingerprint density at radius 3 is 2.79 bits per heavy atom. The first-order valence-corrected chi connectivity index (χ1v) is 9.07. The van der Waals surface area contributed by atoms with Crippen molar-refractivity contribution in [2.24, 2.45) is 16.7 Å². The first-order chi connectivity index (χ1) is 14.0. The highest BCUT2D eigenvalue weighted by Gasteiger charge is 2.39. The largest absolute Gasteiger partial charge is 0.380 e. The van der Waals surface area contributed by atoms with E-state index >= 15 is 0 Å². The molecule has 0 unspecified atom stereocenters. The summed E-state index contributed by atoms with van der Waals surface area (Å²) in [7, 11) is 0. The molecule has 9 heteroatoms. The maximum Gasteiger partial charge on any atom is 0.259 e. The number of nitrogens with two attached hydrogens (primary N) is 2. The molecule has 152 valence electrons. The molecule has 1 saturated heterocycles. The highest BCUT2D eigenvalue weighted by molar-refractivity contribution is 6.03. The molecule has 2 aromatic rings. The predicted molar refractivity (Wildman–Crippen MR) is 109 cm³/mol. The highest BCUT2D eigenvalue weighted by atomic mass is 16.5. The Bertz CT molecular complexity index is 900. The van der Waals surface area contributed by atoms with Gasteiger partial charge in [0.15, 0.2) is 12.2 Å². The van der Waals surface area contributed by atoms with Crippen molar-refractivity contribution in [1.29, 1.82) is 0 Å². The second kappa shape index (κ2) is 9.28. The van der Waals surface area contributed by atoms with Gasteiger partial charge in [-0.3, -0.25) is 9.59 Å². The number of carbonyl (C=O) groups excluding carboxylic acids is 2. The number of nitrogens with one attached hydrogen (secondary N) is 1. The van der Waals surface area contributed by atoms with Crippen molar-refractivity contribution >= 4 is 29.4 Å². The van der Waals surface area contributed by atoms with Gasteiger partial charge in [-0.15, -0.1) is 0 Å². The van der Waals surface area contributed by atoms with Crippen LogP contribution in [0.3, 0.4) is 0 Å². The number of hydrazone groups is 1.